The fourth-order valence-corrected chi connectivity index (χ4v) is 2.46. The highest BCUT2D eigenvalue weighted by Crippen LogP contribution is 2.32. The Morgan fingerprint density at radius 1 is 1.42 bits per heavy atom. The molecule has 0 N–H and O–H groups in total. The van der Waals surface area contributed by atoms with Crippen molar-refractivity contribution in [2.45, 2.75) is 51.9 Å². The number of hydrogen-bond acceptors (Lipinski definition) is 0. The molecule has 1 aliphatic carbocycles. The van der Waals surface area contributed by atoms with Crippen molar-refractivity contribution >= 4 is 15.9 Å². The molecular formula is C11H19Br. The highest BCUT2D eigenvalue weighted by atomic mass is 79.9. The molecule has 1 aliphatic rings. The summed E-state index contributed by atoms with van der Waals surface area (Å²) in [4.78, 5) is 0. The van der Waals surface area contributed by atoms with Gasteiger partial charge in [0.25, 0.3) is 0 Å². The van der Waals surface area contributed by atoms with Crippen molar-refractivity contribution in [2.75, 3.05) is 0 Å². The van der Waals surface area contributed by atoms with E-state index in [2.05, 4.69) is 28.9 Å². The zero-order valence-electron chi connectivity index (χ0n) is 7.98. The van der Waals surface area contributed by atoms with E-state index in [9.17, 15) is 0 Å². The molecule has 0 aromatic heterocycles. The second-order valence-electron chi connectivity index (χ2n) is 3.81. The number of unbranched alkanes of at least 4 members (excludes halogenated alkanes) is 3. The number of halogens is 1. The van der Waals surface area contributed by atoms with Crippen LogP contribution in [0.25, 0.3) is 0 Å². The molecule has 0 aromatic rings. The van der Waals surface area contributed by atoms with Gasteiger partial charge in [0.2, 0.25) is 0 Å². The van der Waals surface area contributed by atoms with Gasteiger partial charge < -0.3 is 0 Å². The molecule has 12 heavy (non-hydrogen) atoms. The first-order valence-corrected chi connectivity index (χ1v) is 5.96. The van der Waals surface area contributed by atoms with Crippen molar-refractivity contribution in [1.82, 2.24) is 0 Å². The van der Waals surface area contributed by atoms with E-state index in [0.717, 1.165) is 5.92 Å². The summed E-state index contributed by atoms with van der Waals surface area (Å²) in [5, 5.41) is 0. The van der Waals surface area contributed by atoms with Crippen LogP contribution in [0.2, 0.25) is 0 Å². The zero-order chi connectivity index (χ0) is 8.81. The third kappa shape index (κ3) is 3.75. The van der Waals surface area contributed by atoms with Crippen LogP contribution < -0.4 is 0 Å². The fraction of sp³-hybridized carbons (Fsp3) is 0.818. The van der Waals surface area contributed by atoms with E-state index in [1.165, 1.54) is 49.4 Å². The van der Waals surface area contributed by atoms with E-state index in [1.54, 1.807) is 0 Å². The molecule has 0 spiro atoms. The Labute approximate surface area is 84.6 Å². The van der Waals surface area contributed by atoms with Gasteiger partial charge in [-0.3, -0.25) is 0 Å². The highest BCUT2D eigenvalue weighted by molar-refractivity contribution is 9.11. The van der Waals surface area contributed by atoms with Crippen molar-refractivity contribution in [3.8, 4) is 0 Å². The third-order valence-corrected chi connectivity index (χ3v) is 3.27. The summed E-state index contributed by atoms with van der Waals surface area (Å²) in [6.07, 6.45) is 12.0. The van der Waals surface area contributed by atoms with Gasteiger partial charge in [0.05, 0.1) is 0 Å². The van der Waals surface area contributed by atoms with Crippen molar-refractivity contribution in [2.24, 2.45) is 5.92 Å². The van der Waals surface area contributed by atoms with Gasteiger partial charge in [-0.15, -0.1) is 0 Å². The molecule has 0 saturated carbocycles. The van der Waals surface area contributed by atoms with Crippen molar-refractivity contribution in [3.05, 3.63) is 10.6 Å². The first-order chi connectivity index (χ1) is 5.83. The molecule has 1 unspecified atom stereocenters. The Balaban J connectivity index is 1.95. The first-order valence-electron chi connectivity index (χ1n) is 5.17. The van der Waals surface area contributed by atoms with E-state index in [4.69, 9.17) is 0 Å². The summed E-state index contributed by atoms with van der Waals surface area (Å²) in [7, 11) is 0. The summed E-state index contributed by atoms with van der Waals surface area (Å²) in [6.45, 7) is 2.27. The van der Waals surface area contributed by atoms with Gasteiger partial charge in [0, 0.05) is 0 Å². The first kappa shape index (κ1) is 10.3. The van der Waals surface area contributed by atoms with Gasteiger partial charge >= 0.3 is 0 Å². The fourth-order valence-electron chi connectivity index (χ4n) is 1.82. The quantitative estimate of drug-likeness (QED) is 0.478. The van der Waals surface area contributed by atoms with Crippen LogP contribution in [-0.2, 0) is 0 Å². The zero-order valence-corrected chi connectivity index (χ0v) is 9.57. The highest BCUT2D eigenvalue weighted by Gasteiger charge is 2.14. The Morgan fingerprint density at radius 3 is 2.83 bits per heavy atom. The minimum atomic E-state index is 0.955. The maximum Gasteiger partial charge on any atom is -0.00862 e. The summed E-state index contributed by atoms with van der Waals surface area (Å²) >= 11 is 3.56. The average Bonchev–Trinajstić information content (AvgIpc) is 2.45. The van der Waals surface area contributed by atoms with Gasteiger partial charge in [-0.25, -0.2) is 0 Å². The second-order valence-corrected chi connectivity index (χ2v) is 4.82. The Kier molecular flexibility index (Phi) is 4.98. The summed E-state index contributed by atoms with van der Waals surface area (Å²) in [6, 6.07) is 0. The minimum Gasteiger partial charge on any atom is -0.0741 e. The number of hydrogen-bond donors (Lipinski definition) is 0. The Morgan fingerprint density at radius 2 is 2.25 bits per heavy atom. The normalized spacial score (nSPS) is 22.8. The number of rotatable bonds is 5. The van der Waals surface area contributed by atoms with E-state index in [1.807, 2.05) is 0 Å². The maximum atomic E-state index is 3.56. The molecule has 0 saturated heterocycles. The van der Waals surface area contributed by atoms with Crippen LogP contribution in [0.5, 0.6) is 0 Å². The summed E-state index contributed by atoms with van der Waals surface area (Å²) in [5.74, 6) is 0.955. The van der Waals surface area contributed by atoms with Crippen LogP contribution in [0.1, 0.15) is 51.9 Å². The van der Waals surface area contributed by atoms with Crippen molar-refractivity contribution in [3.63, 3.8) is 0 Å². The van der Waals surface area contributed by atoms with E-state index in [0.29, 0.717) is 0 Å². The molecule has 1 atom stereocenters. The SMILES string of the molecule is CCCCCCC1C[13CH]=C(Br)C1. The van der Waals surface area contributed by atoms with Crippen LogP contribution in [0.15, 0.2) is 10.6 Å². The van der Waals surface area contributed by atoms with Crippen LogP contribution in [-0.4, -0.2) is 0 Å². The molecule has 1 rings (SSSR count). The van der Waals surface area contributed by atoms with E-state index < -0.39 is 0 Å². The van der Waals surface area contributed by atoms with Gasteiger partial charge in [-0.05, 0) is 29.7 Å². The van der Waals surface area contributed by atoms with Gasteiger partial charge in [0.15, 0.2) is 0 Å². The Hall–Kier alpha value is 0.220. The monoisotopic (exact) mass is 231 g/mol. The standard InChI is InChI=1S/C11H19Br/c1-2-3-4-5-6-10-7-8-11(12)9-10/h8,10H,2-7,9H2,1H3/i8+1. The topological polar surface area (TPSA) is 0 Å². The molecule has 0 amide bonds. The van der Waals surface area contributed by atoms with Crippen LogP contribution in [0, 0.1) is 5.92 Å². The minimum absolute atomic E-state index is 0.955. The molecule has 0 aromatic carbocycles. The lowest BCUT2D eigenvalue weighted by Crippen LogP contribution is -1.93. The molecule has 0 fully saturated rings. The molecule has 0 bridgehead atoms. The number of allylic oxidation sites excluding steroid dienone is 2. The van der Waals surface area contributed by atoms with Crippen LogP contribution in [0.3, 0.4) is 0 Å². The summed E-state index contributed by atoms with van der Waals surface area (Å²) < 4.78 is 1.43. The third-order valence-electron chi connectivity index (χ3n) is 2.62. The maximum absolute atomic E-state index is 3.56. The smallest absolute Gasteiger partial charge is 0.00862 e. The largest absolute Gasteiger partial charge is 0.0741 e. The molecule has 0 nitrogen and oxygen atoms in total. The lowest BCUT2D eigenvalue weighted by Gasteiger charge is -2.07. The predicted octanol–water partition coefficient (Wildman–Crippen LogP) is 4.65. The van der Waals surface area contributed by atoms with Crippen molar-refractivity contribution in [1.29, 1.82) is 0 Å². The van der Waals surface area contributed by atoms with Gasteiger partial charge in [-0.2, -0.15) is 0 Å². The molecule has 0 aliphatic heterocycles. The van der Waals surface area contributed by atoms with E-state index in [-0.39, 0.29) is 0 Å². The van der Waals surface area contributed by atoms with Gasteiger partial charge in [0.1, 0.15) is 0 Å². The van der Waals surface area contributed by atoms with Crippen LogP contribution in [0.4, 0.5) is 0 Å². The van der Waals surface area contributed by atoms with Crippen LogP contribution >= 0.6 is 15.9 Å². The molecular weight excluding hydrogens is 213 g/mol. The average molecular weight is 232 g/mol. The summed E-state index contributed by atoms with van der Waals surface area (Å²) in [5.41, 5.74) is 0. The van der Waals surface area contributed by atoms with Crippen molar-refractivity contribution < 1.29 is 0 Å². The van der Waals surface area contributed by atoms with E-state index >= 15 is 0 Å². The molecule has 1 heteroatoms. The molecule has 70 valence electrons. The Bertz CT molecular complexity index is 149. The van der Waals surface area contributed by atoms with Gasteiger partial charge in [-0.1, -0.05) is 54.6 Å². The predicted molar refractivity (Wildman–Crippen MR) is 58.5 cm³/mol. The lowest BCUT2D eigenvalue weighted by atomic mass is 10.00. The molecule has 0 radical (unpaired) electrons. The second kappa shape index (κ2) is 5.80. The lowest BCUT2D eigenvalue weighted by molar-refractivity contribution is 0.479. The molecule has 0 heterocycles.